The molecule has 0 aromatic heterocycles. The molecule has 0 fully saturated rings. The number of carbonyl (C=O) groups is 2. The molecule has 0 saturated carbocycles. The molecule has 0 radical (unpaired) electrons. The minimum absolute atomic E-state index is 0.376. The Hall–Kier alpha value is -1.35. The van der Waals surface area contributed by atoms with Crippen molar-refractivity contribution in [3.63, 3.8) is 0 Å². The topological polar surface area (TPSA) is 43.4 Å². The van der Waals surface area contributed by atoms with Crippen molar-refractivity contribution < 1.29 is 14.3 Å². The highest BCUT2D eigenvalue weighted by Crippen LogP contribution is 2.23. The zero-order valence-electron chi connectivity index (χ0n) is 6.64. The largest absolute Gasteiger partial charge is 0.472 e. The van der Waals surface area contributed by atoms with Crippen LogP contribution in [0.15, 0.2) is 35.3 Å². The zero-order valence-corrected chi connectivity index (χ0v) is 7.40. The molecule has 0 aliphatic carbocycles. The van der Waals surface area contributed by atoms with E-state index in [0.29, 0.717) is 23.7 Å². The van der Waals surface area contributed by atoms with Crippen LogP contribution in [-0.2, 0) is 14.3 Å². The Morgan fingerprint density at radius 3 is 2.15 bits per heavy atom. The molecular weight excluding hydrogens is 192 g/mol. The lowest BCUT2D eigenvalue weighted by Crippen LogP contribution is -2.11. The van der Waals surface area contributed by atoms with Crippen molar-refractivity contribution in [2.45, 2.75) is 0 Å². The number of hydrogen-bond acceptors (Lipinski definition) is 3. The molecule has 1 heterocycles. The summed E-state index contributed by atoms with van der Waals surface area (Å²) in [4.78, 5) is 21.1. The SMILES string of the molecule is O=CC1=COC=C(C=O)C1/C=C/Cl. The number of aldehydes is 2. The fourth-order valence-corrected chi connectivity index (χ4v) is 1.17. The third-order valence-electron chi connectivity index (χ3n) is 1.66. The van der Waals surface area contributed by atoms with Crippen LogP contribution in [0.2, 0.25) is 0 Å². The summed E-state index contributed by atoms with van der Waals surface area (Å²) in [7, 11) is 0. The summed E-state index contributed by atoms with van der Waals surface area (Å²) < 4.78 is 4.79. The molecule has 13 heavy (non-hydrogen) atoms. The maximum absolute atomic E-state index is 10.5. The molecule has 0 aromatic rings. The number of hydrogen-bond donors (Lipinski definition) is 0. The van der Waals surface area contributed by atoms with Crippen LogP contribution in [0.1, 0.15) is 0 Å². The summed E-state index contributed by atoms with van der Waals surface area (Å²) in [6.07, 6.45) is 5.41. The van der Waals surface area contributed by atoms with Crippen molar-refractivity contribution >= 4 is 24.2 Å². The maximum atomic E-state index is 10.5. The quantitative estimate of drug-likeness (QED) is 0.647. The van der Waals surface area contributed by atoms with Gasteiger partial charge < -0.3 is 4.74 Å². The average molecular weight is 199 g/mol. The number of carbonyl (C=O) groups excluding carboxylic acids is 2. The first kappa shape index (κ1) is 9.74. The van der Waals surface area contributed by atoms with Crippen LogP contribution in [0, 0.1) is 5.92 Å². The van der Waals surface area contributed by atoms with Crippen molar-refractivity contribution in [2.75, 3.05) is 0 Å². The summed E-state index contributed by atoms with van der Waals surface area (Å²) in [6.45, 7) is 0. The number of halogens is 1. The maximum Gasteiger partial charge on any atom is 0.150 e. The van der Waals surface area contributed by atoms with E-state index < -0.39 is 0 Å². The predicted molar refractivity (Wildman–Crippen MR) is 47.9 cm³/mol. The smallest absolute Gasteiger partial charge is 0.150 e. The van der Waals surface area contributed by atoms with Gasteiger partial charge in [-0.15, -0.1) is 0 Å². The molecule has 1 aliphatic rings. The number of rotatable bonds is 3. The average Bonchev–Trinajstić information content (AvgIpc) is 2.18. The molecular formula is C9H7ClO3. The van der Waals surface area contributed by atoms with E-state index in [1.165, 1.54) is 18.1 Å². The van der Waals surface area contributed by atoms with Crippen LogP contribution in [-0.4, -0.2) is 12.6 Å². The van der Waals surface area contributed by atoms with Crippen LogP contribution >= 0.6 is 11.6 Å². The Labute approximate surface area is 80.3 Å². The highest BCUT2D eigenvalue weighted by atomic mass is 35.5. The lowest BCUT2D eigenvalue weighted by atomic mass is 9.93. The first-order valence-corrected chi connectivity index (χ1v) is 4.00. The van der Waals surface area contributed by atoms with Gasteiger partial charge in [-0.1, -0.05) is 17.7 Å². The van der Waals surface area contributed by atoms with Gasteiger partial charge >= 0.3 is 0 Å². The summed E-state index contributed by atoms with van der Waals surface area (Å²) in [5.74, 6) is -0.388. The normalized spacial score (nSPS) is 17.6. The molecule has 0 N–H and O–H groups in total. The van der Waals surface area contributed by atoms with E-state index in [-0.39, 0.29) is 5.92 Å². The van der Waals surface area contributed by atoms with E-state index >= 15 is 0 Å². The molecule has 0 spiro atoms. The van der Waals surface area contributed by atoms with Crippen molar-refractivity contribution in [2.24, 2.45) is 5.92 Å². The molecule has 68 valence electrons. The van der Waals surface area contributed by atoms with E-state index in [2.05, 4.69) is 0 Å². The minimum Gasteiger partial charge on any atom is -0.472 e. The molecule has 0 unspecified atom stereocenters. The van der Waals surface area contributed by atoms with Gasteiger partial charge in [0.05, 0.1) is 12.5 Å². The standard InChI is InChI=1S/C9H7ClO3/c10-2-1-9-7(3-11)5-13-6-8(9)4-12/h1-6,9H/b2-1+. The van der Waals surface area contributed by atoms with E-state index in [1.807, 2.05) is 0 Å². The fourth-order valence-electron chi connectivity index (χ4n) is 1.03. The third-order valence-corrected chi connectivity index (χ3v) is 1.81. The second kappa shape index (κ2) is 4.62. The van der Waals surface area contributed by atoms with Gasteiger partial charge in [0.15, 0.2) is 0 Å². The van der Waals surface area contributed by atoms with Gasteiger partial charge in [-0.2, -0.15) is 0 Å². The molecule has 0 saturated heterocycles. The Morgan fingerprint density at radius 1 is 1.23 bits per heavy atom. The summed E-state index contributed by atoms with van der Waals surface area (Å²) >= 11 is 5.37. The fraction of sp³-hybridized carbons (Fsp3) is 0.111. The van der Waals surface area contributed by atoms with E-state index in [0.717, 1.165) is 0 Å². The molecule has 1 rings (SSSR count). The molecule has 0 atom stereocenters. The van der Waals surface area contributed by atoms with Gasteiger partial charge in [-0.05, 0) is 0 Å². The molecule has 0 aromatic carbocycles. The minimum atomic E-state index is -0.388. The first-order valence-electron chi connectivity index (χ1n) is 3.56. The van der Waals surface area contributed by atoms with Crippen LogP contribution in [0.25, 0.3) is 0 Å². The van der Waals surface area contributed by atoms with Crippen LogP contribution < -0.4 is 0 Å². The number of ether oxygens (including phenoxy) is 1. The van der Waals surface area contributed by atoms with Crippen LogP contribution in [0.5, 0.6) is 0 Å². The van der Waals surface area contributed by atoms with Crippen molar-refractivity contribution in [3.8, 4) is 0 Å². The van der Waals surface area contributed by atoms with Crippen LogP contribution in [0.4, 0.5) is 0 Å². The summed E-state index contributed by atoms with van der Waals surface area (Å²) in [5, 5.41) is 0. The summed E-state index contributed by atoms with van der Waals surface area (Å²) in [5.41, 5.74) is 2.02. The predicted octanol–water partition coefficient (Wildman–Crippen LogP) is 1.55. The zero-order chi connectivity index (χ0) is 9.68. The first-order chi connectivity index (χ1) is 6.33. The van der Waals surface area contributed by atoms with Crippen LogP contribution in [0.3, 0.4) is 0 Å². The van der Waals surface area contributed by atoms with Crippen molar-refractivity contribution in [3.05, 3.63) is 35.3 Å². The number of allylic oxidation sites excluding steroid dienone is 3. The van der Waals surface area contributed by atoms with Gasteiger partial charge in [0, 0.05) is 22.6 Å². The Morgan fingerprint density at radius 2 is 1.77 bits per heavy atom. The summed E-state index contributed by atoms with van der Waals surface area (Å²) in [6, 6.07) is 0. The Balaban J connectivity index is 2.96. The van der Waals surface area contributed by atoms with Crippen molar-refractivity contribution in [1.29, 1.82) is 0 Å². The van der Waals surface area contributed by atoms with Crippen molar-refractivity contribution in [1.82, 2.24) is 0 Å². The van der Waals surface area contributed by atoms with Gasteiger partial charge in [0.25, 0.3) is 0 Å². The van der Waals surface area contributed by atoms with Gasteiger partial charge in [0.2, 0.25) is 0 Å². The lowest BCUT2D eigenvalue weighted by Gasteiger charge is -2.15. The highest BCUT2D eigenvalue weighted by Gasteiger charge is 2.19. The van der Waals surface area contributed by atoms with Gasteiger partial charge in [-0.25, -0.2) is 0 Å². The highest BCUT2D eigenvalue weighted by molar-refractivity contribution is 6.25. The molecule has 4 heteroatoms. The van der Waals surface area contributed by atoms with Gasteiger partial charge in [-0.3, -0.25) is 9.59 Å². The molecule has 3 nitrogen and oxygen atoms in total. The second-order valence-electron chi connectivity index (χ2n) is 2.40. The van der Waals surface area contributed by atoms with E-state index in [4.69, 9.17) is 16.3 Å². The molecule has 0 amide bonds. The molecule has 1 aliphatic heterocycles. The second-order valence-corrected chi connectivity index (χ2v) is 2.66. The van der Waals surface area contributed by atoms with Gasteiger partial charge in [0.1, 0.15) is 12.6 Å². The third kappa shape index (κ3) is 2.06. The Kier molecular flexibility index (Phi) is 3.46. The Bertz CT molecular complexity index is 278. The van der Waals surface area contributed by atoms with E-state index in [9.17, 15) is 9.59 Å². The van der Waals surface area contributed by atoms with E-state index in [1.54, 1.807) is 6.08 Å². The monoisotopic (exact) mass is 198 g/mol. The molecule has 0 bridgehead atoms. The lowest BCUT2D eigenvalue weighted by molar-refractivity contribution is -0.105.